The van der Waals surface area contributed by atoms with E-state index < -0.39 is 12.7 Å². The fourth-order valence-electron chi connectivity index (χ4n) is 3.65. The van der Waals surface area contributed by atoms with Crippen molar-refractivity contribution in [3.63, 3.8) is 0 Å². The first kappa shape index (κ1) is 20.5. The molecule has 23 heavy (non-hydrogen) atoms. The van der Waals surface area contributed by atoms with Gasteiger partial charge in [0.15, 0.2) is 0 Å². The van der Waals surface area contributed by atoms with Crippen molar-refractivity contribution >= 4 is 18.3 Å². The number of likely N-dealkylation sites (tertiary alicyclic amines) is 2. The number of alkyl halides is 3. The van der Waals surface area contributed by atoms with Gasteiger partial charge in [-0.3, -0.25) is 9.69 Å². The zero-order chi connectivity index (χ0) is 16.3. The smallest absolute Gasteiger partial charge is 0.338 e. The van der Waals surface area contributed by atoms with Crippen molar-refractivity contribution in [2.45, 2.75) is 44.8 Å². The molecule has 4 nitrogen and oxygen atoms in total. The van der Waals surface area contributed by atoms with E-state index in [9.17, 15) is 18.0 Å². The first-order chi connectivity index (χ1) is 10.3. The van der Waals surface area contributed by atoms with E-state index in [1.165, 1.54) is 4.90 Å². The van der Waals surface area contributed by atoms with Gasteiger partial charge in [-0.05, 0) is 38.1 Å². The molecule has 2 fully saturated rings. The van der Waals surface area contributed by atoms with Crippen LogP contribution in [0.2, 0.25) is 0 Å². The Bertz CT molecular complexity index is 395. The van der Waals surface area contributed by atoms with Crippen LogP contribution in [0.25, 0.3) is 0 Å². The highest BCUT2D eigenvalue weighted by Gasteiger charge is 2.38. The zero-order valence-electron chi connectivity index (χ0n) is 13.5. The predicted molar refractivity (Wildman–Crippen MR) is 85.4 cm³/mol. The molecule has 0 radical (unpaired) electrons. The van der Waals surface area contributed by atoms with Crippen molar-refractivity contribution in [2.75, 3.05) is 32.7 Å². The van der Waals surface area contributed by atoms with Crippen LogP contribution in [0.1, 0.15) is 32.6 Å². The first-order valence-corrected chi connectivity index (χ1v) is 8.10. The molecule has 2 aliphatic rings. The Kier molecular flexibility index (Phi) is 7.61. The van der Waals surface area contributed by atoms with Gasteiger partial charge < -0.3 is 10.6 Å². The van der Waals surface area contributed by atoms with Crippen LogP contribution in [-0.4, -0.2) is 60.6 Å². The van der Waals surface area contributed by atoms with Crippen molar-refractivity contribution in [3.05, 3.63) is 0 Å². The van der Waals surface area contributed by atoms with E-state index in [0.29, 0.717) is 38.4 Å². The van der Waals surface area contributed by atoms with Crippen molar-refractivity contribution in [2.24, 2.45) is 17.6 Å². The maximum absolute atomic E-state index is 12.7. The average molecular weight is 358 g/mol. The topological polar surface area (TPSA) is 49.6 Å². The second-order valence-corrected chi connectivity index (χ2v) is 6.74. The molecule has 3 atom stereocenters. The van der Waals surface area contributed by atoms with Crippen molar-refractivity contribution in [1.29, 1.82) is 0 Å². The molecule has 2 saturated heterocycles. The number of hydrogen-bond donors (Lipinski definition) is 1. The molecule has 0 aromatic rings. The molecule has 3 unspecified atom stereocenters. The van der Waals surface area contributed by atoms with E-state index >= 15 is 0 Å². The van der Waals surface area contributed by atoms with E-state index in [1.807, 2.05) is 4.90 Å². The Labute approximate surface area is 142 Å². The largest absolute Gasteiger partial charge is 0.401 e. The molecule has 0 saturated carbocycles. The summed E-state index contributed by atoms with van der Waals surface area (Å²) in [5.41, 5.74) is 5.78. The van der Waals surface area contributed by atoms with Crippen LogP contribution in [0.15, 0.2) is 0 Å². The lowest BCUT2D eigenvalue weighted by Crippen LogP contribution is -2.54. The van der Waals surface area contributed by atoms with Gasteiger partial charge in [0, 0.05) is 25.7 Å². The summed E-state index contributed by atoms with van der Waals surface area (Å²) in [5, 5.41) is 0. The molecule has 2 N–H and O–H groups in total. The molecule has 2 aliphatic heterocycles. The van der Waals surface area contributed by atoms with Gasteiger partial charge in [0.2, 0.25) is 5.91 Å². The normalized spacial score (nSPS) is 30.0. The molecule has 0 aromatic heterocycles. The van der Waals surface area contributed by atoms with E-state index in [1.54, 1.807) is 0 Å². The number of carbonyl (C=O) groups excluding carboxylic acids is 1. The van der Waals surface area contributed by atoms with Crippen LogP contribution in [0.3, 0.4) is 0 Å². The summed E-state index contributed by atoms with van der Waals surface area (Å²) in [4.78, 5) is 15.9. The molecular weight excluding hydrogens is 331 g/mol. The number of hydrogen-bond acceptors (Lipinski definition) is 3. The van der Waals surface area contributed by atoms with E-state index in [2.05, 4.69) is 6.92 Å². The monoisotopic (exact) mass is 357 g/mol. The Morgan fingerprint density at radius 2 is 1.96 bits per heavy atom. The molecule has 0 bridgehead atoms. The minimum atomic E-state index is -4.20. The summed E-state index contributed by atoms with van der Waals surface area (Å²) < 4.78 is 37.6. The van der Waals surface area contributed by atoms with Gasteiger partial charge >= 0.3 is 6.18 Å². The maximum Gasteiger partial charge on any atom is 0.401 e. The summed E-state index contributed by atoms with van der Waals surface area (Å²) in [6.45, 7) is 2.96. The zero-order valence-corrected chi connectivity index (χ0v) is 14.3. The molecule has 8 heteroatoms. The van der Waals surface area contributed by atoms with Gasteiger partial charge in [-0.2, -0.15) is 13.2 Å². The molecule has 136 valence electrons. The van der Waals surface area contributed by atoms with Crippen molar-refractivity contribution in [1.82, 2.24) is 9.80 Å². The van der Waals surface area contributed by atoms with Crippen molar-refractivity contribution < 1.29 is 18.0 Å². The van der Waals surface area contributed by atoms with Gasteiger partial charge in [0.1, 0.15) is 0 Å². The lowest BCUT2D eigenvalue weighted by molar-refractivity contribution is -0.156. The summed E-state index contributed by atoms with van der Waals surface area (Å²) in [6.07, 6.45) is -1.05. The number of amides is 1. The van der Waals surface area contributed by atoms with Crippen LogP contribution in [0.4, 0.5) is 13.2 Å². The fraction of sp³-hybridized carbons (Fsp3) is 0.933. The van der Waals surface area contributed by atoms with Gasteiger partial charge in [0.05, 0.1) is 12.5 Å². The van der Waals surface area contributed by atoms with E-state index in [-0.39, 0.29) is 36.8 Å². The molecule has 2 rings (SSSR count). The minimum absolute atomic E-state index is 0. The van der Waals surface area contributed by atoms with Crippen LogP contribution in [-0.2, 0) is 4.79 Å². The Hall–Kier alpha value is -0.530. The van der Waals surface area contributed by atoms with Gasteiger partial charge in [0.25, 0.3) is 0 Å². The van der Waals surface area contributed by atoms with Gasteiger partial charge in [-0.25, -0.2) is 0 Å². The number of piperidine rings is 2. The highest BCUT2D eigenvalue weighted by Crippen LogP contribution is 2.27. The molecule has 1 amide bonds. The third-order valence-corrected chi connectivity index (χ3v) is 4.79. The number of carbonyl (C=O) groups is 1. The second-order valence-electron chi connectivity index (χ2n) is 6.74. The third-order valence-electron chi connectivity index (χ3n) is 4.79. The standard InChI is InChI=1S/C15H26F3N3O.ClH/c1-11-4-6-21(13(7-11)8-19)14(22)12-3-2-5-20(9-12)10-15(16,17)18;/h11-13H,2-10,19H2,1H3;1H. The number of halogens is 4. The highest BCUT2D eigenvalue weighted by atomic mass is 35.5. The number of nitrogens with two attached hydrogens (primary N) is 1. The summed E-state index contributed by atoms with van der Waals surface area (Å²) in [5.74, 6) is 0.221. The van der Waals surface area contributed by atoms with Crippen molar-refractivity contribution in [3.8, 4) is 0 Å². The molecule has 2 heterocycles. The minimum Gasteiger partial charge on any atom is -0.338 e. The quantitative estimate of drug-likeness (QED) is 0.843. The lowest BCUT2D eigenvalue weighted by Gasteiger charge is -2.41. The third kappa shape index (κ3) is 5.80. The van der Waals surface area contributed by atoms with Gasteiger partial charge in [-0.1, -0.05) is 6.92 Å². The van der Waals surface area contributed by atoms with Crippen LogP contribution >= 0.6 is 12.4 Å². The maximum atomic E-state index is 12.7. The molecule has 0 spiro atoms. The Balaban J connectivity index is 0.00000264. The van der Waals surface area contributed by atoms with Crippen LogP contribution in [0.5, 0.6) is 0 Å². The first-order valence-electron chi connectivity index (χ1n) is 8.10. The summed E-state index contributed by atoms with van der Waals surface area (Å²) in [6, 6.07) is 0.0363. The van der Waals surface area contributed by atoms with E-state index in [0.717, 1.165) is 12.8 Å². The molecule has 0 aliphatic carbocycles. The Morgan fingerprint density at radius 1 is 1.26 bits per heavy atom. The fourth-order valence-corrected chi connectivity index (χ4v) is 3.65. The average Bonchev–Trinajstić information content (AvgIpc) is 2.45. The highest BCUT2D eigenvalue weighted by molar-refractivity contribution is 5.85. The van der Waals surface area contributed by atoms with E-state index in [4.69, 9.17) is 5.73 Å². The summed E-state index contributed by atoms with van der Waals surface area (Å²) >= 11 is 0. The molecule has 0 aromatic carbocycles. The van der Waals surface area contributed by atoms with Crippen LogP contribution < -0.4 is 5.73 Å². The number of nitrogens with zero attached hydrogens (tertiary/aromatic N) is 2. The van der Waals surface area contributed by atoms with Gasteiger partial charge in [-0.15, -0.1) is 12.4 Å². The lowest BCUT2D eigenvalue weighted by atomic mass is 9.89. The van der Waals surface area contributed by atoms with Crippen LogP contribution in [0, 0.1) is 11.8 Å². The SMILES string of the molecule is CC1CCN(C(=O)C2CCCN(CC(F)(F)F)C2)C(CN)C1.Cl. The number of rotatable bonds is 3. The Morgan fingerprint density at radius 3 is 2.57 bits per heavy atom. The molecular formula is C15H27ClF3N3O. The predicted octanol–water partition coefficient (Wildman–Crippen LogP) is 2.27. The summed E-state index contributed by atoms with van der Waals surface area (Å²) in [7, 11) is 0. The second kappa shape index (κ2) is 8.53.